The summed E-state index contributed by atoms with van der Waals surface area (Å²) >= 11 is 0. The molecular formula is C22H16F2O5. The van der Waals surface area contributed by atoms with Crippen molar-refractivity contribution in [1.29, 1.82) is 0 Å². The van der Waals surface area contributed by atoms with Crippen molar-refractivity contribution >= 4 is 11.8 Å². The lowest BCUT2D eigenvalue weighted by molar-refractivity contribution is -0.144. The summed E-state index contributed by atoms with van der Waals surface area (Å²) in [5.74, 6) is -1.65. The van der Waals surface area contributed by atoms with Crippen LogP contribution in [0.1, 0.15) is 10.4 Å². The molecule has 0 aliphatic carbocycles. The van der Waals surface area contributed by atoms with Crippen LogP contribution >= 0.6 is 0 Å². The number of hydrogen-bond donors (Lipinski definition) is 0. The van der Waals surface area contributed by atoms with E-state index < -0.39 is 42.2 Å². The van der Waals surface area contributed by atoms with Gasteiger partial charge in [-0.15, -0.1) is 0 Å². The monoisotopic (exact) mass is 398 g/mol. The molecule has 0 atom stereocenters. The number of halogens is 2. The fourth-order valence-corrected chi connectivity index (χ4v) is 2.35. The Morgan fingerprint density at radius 1 is 0.759 bits per heavy atom. The highest BCUT2D eigenvalue weighted by Gasteiger charge is 2.15. The van der Waals surface area contributed by atoms with E-state index in [9.17, 15) is 18.4 Å². The molecule has 0 amide bonds. The fraction of sp³-hybridized carbons (Fsp3) is 0.0909. The fourth-order valence-electron chi connectivity index (χ4n) is 2.35. The topological polar surface area (TPSA) is 61.8 Å². The van der Waals surface area contributed by atoms with Gasteiger partial charge in [0.1, 0.15) is 28.9 Å². The van der Waals surface area contributed by atoms with Crippen LogP contribution in [-0.2, 0) is 9.53 Å². The lowest BCUT2D eigenvalue weighted by Gasteiger charge is -2.09. The van der Waals surface area contributed by atoms with Crippen molar-refractivity contribution in [2.24, 2.45) is 0 Å². The van der Waals surface area contributed by atoms with Crippen molar-refractivity contribution in [3.63, 3.8) is 0 Å². The Balaban J connectivity index is 1.45. The number of carbonyl (C=O) groups is 2. The third-order valence-corrected chi connectivity index (χ3v) is 3.75. The summed E-state index contributed by atoms with van der Waals surface area (Å²) in [7, 11) is 0. The van der Waals surface area contributed by atoms with Crippen molar-refractivity contribution in [3.05, 3.63) is 90.0 Å². The summed E-state index contributed by atoms with van der Waals surface area (Å²) < 4.78 is 42.3. The SMILES string of the molecule is O=C(COc1ccc(Oc2ccccc2)cc1)OCC(=O)c1cc(F)ccc1F. The van der Waals surface area contributed by atoms with E-state index in [-0.39, 0.29) is 0 Å². The highest BCUT2D eigenvalue weighted by atomic mass is 19.1. The van der Waals surface area contributed by atoms with Crippen LogP contribution in [0.4, 0.5) is 8.78 Å². The first-order valence-corrected chi connectivity index (χ1v) is 8.61. The Labute approximate surface area is 165 Å². The van der Waals surface area contributed by atoms with Crippen LogP contribution in [0.15, 0.2) is 72.8 Å². The van der Waals surface area contributed by atoms with Gasteiger partial charge in [-0.3, -0.25) is 4.79 Å². The summed E-state index contributed by atoms with van der Waals surface area (Å²) in [5, 5.41) is 0. The average molecular weight is 398 g/mol. The summed E-state index contributed by atoms with van der Waals surface area (Å²) in [5.41, 5.74) is -0.479. The molecule has 148 valence electrons. The largest absolute Gasteiger partial charge is 0.482 e. The van der Waals surface area contributed by atoms with Gasteiger partial charge in [0.25, 0.3) is 0 Å². The van der Waals surface area contributed by atoms with Gasteiger partial charge in [0.15, 0.2) is 13.2 Å². The predicted molar refractivity (Wildman–Crippen MR) is 100 cm³/mol. The number of benzene rings is 3. The Kier molecular flexibility index (Phi) is 6.52. The van der Waals surface area contributed by atoms with Crippen LogP contribution in [0, 0.1) is 11.6 Å². The highest BCUT2D eigenvalue weighted by molar-refractivity contribution is 5.98. The van der Waals surface area contributed by atoms with Gasteiger partial charge >= 0.3 is 5.97 Å². The van der Waals surface area contributed by atoms with Crippen LogP contribution in [0.2, 0.25) is 0 Å². The number of carbonyl (C=O) groups excluding carboxylic acids is 2. The van der Waals surface area contributed by atoms with E-state index in [1.165, 1.54) is 0 Å². The van der Waals surface area contributed by atoms with Gasteiger partial charge < -0.3 is 14.2 Å². The molecule has 7 heteroatoms. The minimum absolute atomic E-state index is 0.393. The Morgan fingerprint density at radius 3 is 2.14 bits per heavy atom. The van der Waals surface area contributed by atoms with Gasteiger partial charge in [0.05, 0.1) is 5.56 Å². The number of esters is 1. The third-order valence-electron chi connectivity index (χ3n) is 3.75. The number of ketones is 1. The minimum Gasteiger partial charge on any atom is -0.482 e. The van der Waals surface area contributed by atoms with Gasteiger partial charge in [-0.1, -0.05) is 18.2 Å². The molecule has 3 aromatic rings. The standard InChI is InChI=1S/C22H16F2O5/c23-15-6-11-20(24)19(12-15)21(25)13-28-22(26)14-27-16-7-9-18(10-8-16)29-17-4-2-1-3-5-17/h1-12H,13-14H2. The number of hydrogen-bond acceptors (Lipinski definition) is 5. The second-order valence-corrected chi connectivity index (χ2v) is 5.88. The summed E-state index contributed by atoms with van der Waals surface area (Å²) in [6.45, 7) is -1.16. The highest BCUT2D eigenvalue weighted by Crippen LogP contribution is 2.23. The molecule has 0 aliphatic rings. The summed E-state index contributed by atoms with van der Waals surface area (Å²) in [6, 6.07) is 18.3. The molecule has 0 aromatic heterocycles. The van der Waals surface area contributed by atoms with Gasteiger partial charge in [0, 0.05) is 0 Å². The minimum atomic E-state index is -0.887. The van der Waals surface area contributed by atoms with E-state index in [0.717, 1.165) is 18.2 Å². The van der Waals surface area contributed by atoms with Gasteiger partial charge in [0.2, 0.25) is 5.78 Å². The molecule has 5 nitrogen and oxygen atoms in total. The first kappa shape index (κ1) is 20.0. The molecule has 0 fully saturated rings. The zero-order valence-electron chi connectivity index (χ0n) is 15.1. The van der Waals surface area contributed by atoms with Crippen molar-refractivity contribution in [2.45, 2.75) is 0 Å². The average Bonchev–Trinajstić information content (AvgIpc) is 2.74. The van der Waals surface area contributed by atoms with Crippen molar-refractivity contribution in [1.82, 2.24) is 0 Å². The van der Waals surface area contributed by atoms with Crippen LogP contribution in [0.25, 0.3) is 0 Å². The molecule has 0 N–H and O–H groups in total. The molecule has 0 saturated carbocycles. The normalized spacial score (nSPS) is 10.3. The second kappa shape index (κ2) is 9.45. The Hall–Kier alpha value is -3.74. The number of para-hydroxylation sites is 1. The molecule has 0 heterocycles. The van der Waals surface area contributed by atoms with Crippen molar-refractivity contribution in [2.75, 3.05) is 13.2 Å². The number of Topliss-reactive ketones (excluding diaryl/α,β-unsaturated/α-hetero) is 1. The Bertz CT molecular complexity index is 988. The van der Waals surface area contributed by atoms with E-state index in [4.69, 9.17) is 14.2 Å². The third kappa shape index (κ3) is 5.87. The van der Waals surface area contributed by atoms with E-state index in [1.54, 1.807) is 24.3 Å². The van der Waals surface area contributed by atoms with Crippen molar-refractivity contribution in [3.8, 4) is 17.2 Å². The van der Waals surface area contributed by atoms with E-state index in [2.05, 4.69) is 0 Å². The molecule has 29 heavy (non-hydrogen) atoms. The summed E-state index contributed by atoms with van der Waals surface area (Å²) in [6.07, 6.45) is 0. The van der Waals surface area contributed by atoms with Gasteiger partial charge in [-0.25, -0.2) is 13.6 Å². The maximum absolute atomic E-state index is 13.5. The van der Waals surface area contributed by atoms with Gasteiger partial charge in [-0.2, -0.15) is 0 Å². The quantitative estimate of drug-likeness (QED) is 0.411. The van der Waals surface area contributed by atoms with Crippen molar-refractivity contribution < 1.29 is 32.6 Å². The van der Waals surface area contributed by atoms with Gasteiger partial charge in [-0.05, 0) is 54.6 Å². The zero-order valence-corrected chi connectivity index (χ0v) is 15.1. The molecular weight excluding hydrogens is 382 g/mol. The molecule has 3 aromatic carbocycles. The van der Waals surface area contributed by atoms with E-state index >= 15 is 0 Å². The van der Waals surface area contributed by atoms with Crippen LogP contribution in [0.5, 0.6) is 17.2 Å². The smallest absolute Gasteiger partial charge is 0.344 e. The van der Waals surface area contributed by atoms with Crippen LogP contribution in [-0.4, -0.2) is 25.0 Å². The number of ether oxygens (including phenoxy) is 3. The van der Waals surface area contributed by atoms with Crippen LogP contribution in [0.3, 0.4) is 0 Å². The summed E-state index contributed by atoms with van der Waals surface area (Å²) in [4.78, 5) is 23.6. The molecule has 0 spiro atoms. The maximum Gasteiger partial charge on any atom is 0.344 e. The second-order valence-electron chi connectivity index (χ2n) is 5.88. The Morgan fingerprint density at radius 2 is 1.41 bits per heavy atom. The van der Waals surface area contributed by atoms with E-state index in [1.807, 2.05) is 30.3 Å². The molecule has 0 unspecified atom stereocenters. The lowest BCUT2D eigenvalue weighted by Crippen LogP contribution is -2.20. The lowest BCUT2D eigenvalue weighted by atomic mass is 10.1. The first-order valence-electron chi connectivity index (χ1n) is 8.61. The number of rotatable bonds is 8. The molecule has 0 radical (unpaired) electrons. The predicted octanol–water partition coefficient (Wildman–Crippen LogP) is 4.56. The molecule has 0 aliphatic heterocycles. The van der Waals surface area contributed by atoms with Crippen LogP contribution < -0.4 is 9.47 Å². The first-order chi connectivity index (χ1) is 14.0. The molecule has 3 rings (SSSR count). The molecule has 0 saturated heterocycles. The van der Waals surface area contributed by atoms with E-state index in [0.29, 0.717) is 17.2 Å². The zero-order chi connectivity index (χ0) is 20.6. The molecule has 0 bridgehead atoms. The maximum atomic E-state index is 13.5.